The Bertz CT molecular complexity index is 532. The van der Waals surface area contributed by atoms with Gasteiger partial charge in [0.15, 0.2) is 0 Å². The molecule has 1 rings (SSSR count). The number of anilines is 2. The second kappa shape index (κ2) is 6.53. The zero-order chi connectivity index (χ0) is 15.3. The van der Waals surface area contributed by atoms with Gasteiger partial charge in [0.1, 0.15) is 6.29 Å². The number of nitrogen functional groups attached to an aromatic ring is 1. The van der Waals surface area contributed by atoms with Gasteiger partial charge in [0.05, 0.1) is 24.1 Å². The van der Waals surface area contributed by atoms with Crippen LogP contribution in [-0.2, 0) is 9.59 Å². The lowest BCUT2D eigenvalue weighted by Gasteiger charge is -2.21. The minimum absolute atomic E-state index is 0.0810. The summed E-state index contributed by atoms with van der Waals surface area (Å²) in [6, 6.07) is 2.22. The van der Waals surface area contributed by atoms with Crippen LogP contribution < -0.4 is 16.8 Å². The molecule has 108 valence electrons. The van der Waals surface area contributed by atoms with Crippen molar-refractivity contribution in [3.8, 4) is 0 Å². The third kappa shape index (κ3) is 3.95. The van der Waals surface area contributed by atoms with Gasteiger partial charge in [-0.1, -0.05) is 0 Å². The number of carbonyl (C=O) groups excluding carboxylic acids is 1. The van der Waals surface area contributed by atoms with Crippen LogP contribution in [-0.4, -0.2) is 40.5 Å². The van der Waals surface area contributed by atoms with E-state index < -0.39 is 24.0 Å². The van der Waals surface area contributed by atoms with E-state index in [9.17, 15) is 14.4 Å². The van der Waals surface area contributed by atoms with Crippen LogP contribution >= 0.6 is 0 Å². The zero-order valence-electron chi connectivity index (χ0n) is 10.4. The summed E-state index contributed by atoms with van der Waals surface area (Å²) in [6.45, 7) is 0. The lowest BCUT2D eigenvalue weighted by Crippen LogP contribution is -2.42. The van der Waals surface area contributed by atoms with Gasteiger partial charge in [-0.05, 0) is 18.2 Å². The quantitative estimate of drug-likeness (QED) is 0.338. The first-order valence-corrected chi connectivity index (χ1v) is 5.67. The second-order valence-corrected chi connectivity index (χ2v) is 4.17. The first-order chi connectivity index (χ1) is 9.35. The van der Waals surface area contributed by atoms with E-state index in [1.807, 2.05) is 0 Å². The van der Waals surface area contributed by atoms with E-state index in [0.717, 1.165) is 0 Å². The summed E-state index contributed by atoms with van der Waals surface area (Å²) in [5, 5.41) is 20.4. The van der Waals surface area contributed by atoms with Crippen LogP contribution in [0.4, 0.5) is 11.4 Å². The van der Waals surface area contributed by atoms with E-state index in [-0.39, 0.29) is 17.7 Å². The summed E-state index contributed by atoms with van der Waals surface area (Å²) >= 11 is 0. The summed E-state index contributed by atoms with van der Waals surface area (Å²) in [7, 11) is 0. The Hall–Kier alpha value is -2.61. The van der Waals surface area contributed by atoms with Crippen molar-refractivity contribution in [3.63, 3.8) is 0 Å². The molecule has 0 bridgehead atoms. The number of benzene rings is 1. The molecule has 0 saturated carbocycles. The van der Waals surface area contributed by atoms with E-state index >= 15 is 0 Å². The molecule has 1 aromatic carbocycles. The Morgan fingerprint density at radius 2 is 2.00 bits per heavy atom. The van der Waals surface area contributed by atoms with E-state index in [1.54, 1.807) is 0 Å². The van der Waals surface area contributed by atoms with Crippen molar-refractivity contribution in [1.29, 1.82) is 0 Å². The number of carboxylic acid groups (broad SMARTS) is 2. The molecule has 1 unspecified atom stereocenters. The summed E-state index contributed by atoms with van der Waals surface area (Å²) in [4.78, 5) is 32.3. The number of aromatic carboxylic acids is 1. The maximum absolute atomic E-state index is 10.9. The Labute approximate surface area is 114 Å². The fourth-order valence-corrected chi connectivity index (χ4v) is 1.61. The fourth-order valence-electron chi connectivity index (χ4n) is 1.61. The molecule has 0 aliphatic carbocycles. The lowest BCUT2D eigenvalue weighted by molar-refractivity contribution is -0.137. The highest BCUT2D eigenvalue weighted by atomic mass is 16.4. The predicted octanol–water partition coefficient (Wildman–Crippen LogP) is -0.252. The van der Waals surface area contributed by atoms with Gasteiger partial charge in [-0.15, -0.1) is 0 Å². The third-order valence-electron chi connectivity index (χ3n) is 2.65. The van der Waals surface area contributed by atoms with Crippen LogP contribution in [0, 0.1) is 0 Å². The molecule has 8 nitrogen and oxygen atoms in total. The molecule has 20 heavy (non-hydrogen) atoms. The molecule has 8 heteroatoms. The van der Waals surface area contributed by atoms with Gasteiger partial charge in [0.25, 0.3) is 0 Å². The van der Waals surface area contributed by atoms with Crippen LogP contribution in [0.15, 0.2) is 18.2 Å². The minimum Gasteiger partial charge on any atom is -0.481 e. The van der Waals surface area contributed by atoms with Crippen LogP contribution in [0.3, 0.4) is 0 Å². The second-order valence-electron chi connectivity index (χ2n) is 4.17. The molecule has 0 spiro atoms. The molecule has 0 amide bonds. The highest BCUT2D eigenvalue weighted by Crippen LogP contribution is 2.19. The van der Waals surface area contributed by atoms with Gasteiger partial charge >= 0.3 is 11.9 Å². The molecule has 0 aliphatic rings. The molecule has 0 aromatic heterocycles. The number of nitrogens with two attached hydrogens (primary N) is 2. The minimum atomic E-state index is -1.21. The van der Waals surface area contributed by atoms with Gasteiger partial charge in [0, 0.05) is 11.4 Å². The van der Waals surface area contributed by atoms with Crippen LogP contribution in [0.1, 0.15) is 16.8 Å². The number of carboxylic acids is 2. The third-order valence-corrected chi connectivity index (χ3v) is 2.65. The monoisotopic (exact) mass is 281 g/mol. The van der Waals surface area contributed by atoms with Crippen molar-refractivity contribution < 1.29 is 24.6 Å². The van der Waals surface area contributed by atoms with E-state index in [4.69, 9.17) is 21.7 Å². The van der Waals surface area contributed by atoms with Crippen molar-refractivity contribution >= 4 is 29.6 Å². The largest absolute Gasteiger partial charge is 0.481 e. The fraction of sp³-hybridized carbons (Fsp3) is 0.250. The highest BCUT2D eigenvalue weighted by Gasteiger charge is 2.21. The SMILES string of the molecule is Nc1ccc(NC(CC(=O)O)[C@H](N)C=O)cc1C(=O)O. The smallest absolute Gasteiger partial charge is 0.337 e. The van der Waals surface area contributed by atoms with E-state index in [0.29, 0.717) is 12.0 Å². The van der Waals surface area contributed by atoms with Crippen molar-refractivity contribution in [2.24, 2.45) is 5.73 Å². The molecule has 1 aromatic rings. The summed E-state index contributed by atoms with van der Waals surface area (Å²) in [5.74, 6) is -2.34. The lowest BCUT2D eigenvalue weighted by atomic mass is 10.1. The molecule has 0 heterocycles. The summed E-state index contributed by atoms with van der Waals surface area (Å²) in [5.41, 5.74) is 11.3. The molecule has 0 aliphatic heterocycles. The average Bonchev–Trinajstić information content (AvgIpc) is 2.38. The van der Waals surface area contributed by atoms with Crippen molar-refractivity contribution in [3.05, 3.63) is 23.8 Å². The number of carbonyl (C=O) groups is 3. The van der Waals surface area contributed by atoms with Gasteiger partial charge in [-0.2, -0.15) is 0 Å². The van der Waals surface area contributed by atoms with E-state index in [2.05, 4.69) is 5.32 Å². The number of aldehydes is 1. The van der Waals surface area contributed by atoms with E-state index in [1.165, 1.54) is 18.2 Å². The van der Waals surface area contributed by atoms with Crippen molar-refractivity contribution in [2.75, 3.05) is 11.1 Å². The molecular formula is C12H15N3O5. The van der Waals surface area contributed by atoms with Crippen LogP contribution in [0.25, 0.3) is 0 Å². The maximum Gasteiger partial charge on any atom is 0.337 e. The Morgan fingerprint density at radius 3 is 2.50 bits per heavy atom. The zero-order valence-corrected chi connectivity index (χ0v) is 10.4. The average molecular weight is 281 g/mol. The van der Waals surface area contributed by atoms with Crippen molar-refractivity contribution in [2.45, 2.75) is 18.5 Å². The summed E-state index contributed by atoms with van der Waals surface area (Å²) in [6.07, 6.45) is 0.0443. The number of hydrogen-bond donors (Lipinski definition) is 5. The number of hydrogen-bond acceptors (Lipinski definition) is 6. The topological polar surface area (TPSA) is 156 Å². The molecule has 0 fully saturated rings. The predicted molar refractivity (Wildman–Crippen MR) is 71.5 cm³/mol. The van der Waals surface area contributed by atoms with Crippen molar-refractivity contribution in [1.82, 2.24) is 0 Å². The number of aliphatic carboxylic acids is 1. The Kier molecular flexibility index (Phi) is 5.04. The first-order valence-electron chi connectivity index (χ1n) is 5.67. The Balaban J connectivity index is 2.98. The molecular weight excluding hydrogens is 266 g/mol. The summed E-state index contributed by atoms with van der Waals surface area (Å²) < 4.78 is 0. The Morgan fingerprint density at radius 1 is 1.35 bits per heavy atom. The highest BCUT2D eigenvalue weighted by molar-refractivity contribution is 5.94. The van der Waals surface area contributed by atoms with Gasteiger partial charge in [-0.3, -0.25) is 4.79 Å². The number of rotatable bonds is 7. The van der Waals surface area contributed by atoms with Crippen LogP contribution in [0.2, 0.25) is 0 Å². The van der Waals surface area contributed by atoms with Crippen LogP contribution in [0.5, 0.6) is 0 Å². The molecule has 0 saturated heterocycles. The molecule has 7 N–H and O–H groups in total. The molecule has 0 radical (unpaired) electrons. The first kappa shape index (κ1) is 15.4. The maximum atomic E-state index is 10.9. The normalized spacial score (nSPS) is 13.2. The van der Waals surface area contributed by atoms with Gasteiger partial charge < -0.3 is 31.8 Å². The standard InChI is InChI=1S/C12H15N3O5/c13-8-2-1-6(3-7(8)12(19)20)15-10(4-11(17)18)9(14)5-16/h1-3,5,9-10,15H,4,13-14H2,(H,17,18)(H,19,20)/t9-,10?/m1/s1. The van der Waals surface area contributed by atoms with Gasteiger partial charge in [-0.25, -0.2) is 4.79 Å². The molecule has 2 atom stereocenters. The van der Waals surface area contributed by atoms with Gasteiger partial charge in [0.2, 0.25) is 0 Å². The number of nitrogens with one attached hydrogen (secondary N) is 1.